The van der Waals surface area contributed by atoms with E-state index in [9.17, 15) is 9.90 Å². The SMILES string of the molecule is Cc1ccc(CNc2nc(Nc3ccc(CC(=O)NCCOCCOCCN)cc3)nc(NC3CCC(O)CC3)n2)cc1. The van der Waals surface area contributed by atoms with Gasteiger partial charge in [-0.2, -0.15) is 15.0 Å². The van der Waals surface area contributed by atoms with Gasteiger partial charge in [0.05, 0.1) is 39.0 Å². The second kappa shape index (κ2) is 17.3. The molecule has 0 radical (unpaired) electrons. The van der Waals surface area contributed by atoms with Gasteiger partial charge in [0, 0.05) is 31.4 Å². The number of anilines is 4. The minimum atomic E-state index is -0.236. The highest BCUT2D eigenvalue weighted by molar-refractivity contribution is 5.78. The predicted molar refractivity (Wildman–Crippen MR) is 167 cm³/mol. The lowest BCUT2D eigenvalue weighted by Crippen LogP contribution is -2.29. The average molecular weight is 593 g/mol. The van der Waals surface area contributed by atoms with Crippen LogP contribution < -0.4 is 27.0 Å². The number of carbonyl (C=O) groups is 1. The van der Waals surface area contributed by atoms with E-state index >= 15 is 0 Å². The van der Waals surface area contributed by atoms with Gasteiger partial charge >= 0.3 is 0 Å². The molecule has 0 spiro atoms. The Morgan fingerprint density at radius 3 is 2.23 bits per heavy atom. The summed E-state index contributed by atoms with van der Waals surface area (Å²) in [6.07, 6.45) is 3.26. The lowest BCUT2D eigenvalue weighted by Gasteiger charge is -2.26. The molecule has 0 saturated heterocycles. The molecule has 4 rings (SSSR count). The molecule has 12 nitrogen and oxygen atoms in total. The quantitative estimate of drug-likeness (QED) is 0.128. The Bertz CT molecular complexity index is 1250. The molecule has 1 fully saturated rings. The highest BCUT2D eigenvalue weighted by atomic mass is 16.5. The predicted octanol–water partition coefficient (Wildman–Crippen LogP) is 2.90. The molecular weight excluding hydrogens is 548 g/mol. The van der Waals surface area contributed by atoms with Crippen molar-refractivity contribution >= 4 is 29.4 Å². The summed E-state index contributed by atoms with van der Waals surface area (Å²) in [5.74, 6) is 1.26. The molecule has 12 heteroatoms. The van der Waals surface area contributed by atoms with Gasteiger partial charge in [-0.3, -0.25) is 4.79 Å². The van der Waals surface area contributed by atoms with Gasteiger partial charge in [-0.05, 0) is 55.9 Å². The van der Waals surface area contributed by atoms with Gasteiger partial charge < -0.3 is 41.6 Å². The molecule has 0 aliphatic heterocycles. The first-order valence-corrected chi connectivity index (χ1v) is 14.9. The van der Waals surface area contributed by atoms with Gasteiger partial charge in [-0.15, -0.1) is 0 Å². The molecule has 1 aliphatic carbocycles. The summed E-state index contributed by atoms with van der Waals surface area (Å²) in [5.41, 5.74) is 9.37. The van der Waals surface area contributed by atoms with Crippen molar-refractivity contribution in [2.75, 3.05) is 55.5 Å². The highest BCUT2D eigenvalue weighted by Gasteiger charge is 2.20. The first-order valence-electron chi connectivity index (χ1n) is 14.9. The average Bonchev–Trinajstić information content (AvgIpc) is 3.00. The van der Waals surface area contributed by atoms with E-state index in [1.165, 1.54) is 5.56 Å². The van der Waals surface area contributed by atoms with E-state index in [1.807, 2.05) is 24.3 Å². The second-order valence-corrected chi connectivity index (χ2v) is 10.7. The molecule has 232 valence electrons. The van der Waals surface area contributed by atoms with E-state index in [4.69, 9.17) is 15.2 Å². The minimum Gasteiger partial charge on any atom is -0.393 e. The monoisotopic (exact) mass is 592 g/mol. The number of rotatable bonds is 17. The van der Waals surface area contributed by atoms with Crippen LogP contribution in [0.4, 0.5) is 23.5 Å². The molecule has 2 aromatic carbocycles. The molecule has 43 heavy (non-hydrogen) atoms. The third kappa shape index (κ3) is 11.8. The number of hydrogen-bond donors (Lipinski definition) is 6. The van der Waals surface area contributed by atoms with Crippen molar-refractivity contribution in [2.24, 2.45) is 5.73 Å². The summed E-state index contributed by atoms with van der Waals surface area (Å²) in [4.78, 5) is 26.1. The molecule has 1 aliphatic rings. The number of aliphatic hydroxyl groups is 1. The van der Waals surface area contributed by atoms with E-state index in [-0.39, 0.29) is 24.5 Å². The van der Waals surface area contributed by atoms with Crippen LogP contribution in [0.15, 0.2) is 48.5 Å². The lowest BCUT2D eigenvalue weighted by molar-refractivity contribution is -0.120. The van der Waals surface area contributed by atoms with Crippen molar-refractivity contribution in [3.63, 3.8) is 0 Å². The summed E-state index contributed by atoms with van der Waals surface area (Å²) < 4.78 is 10.7. The standard InChI is InChI=1S/C31H44N8O4/c1-22-2-4-24(5-3-22)21-34-29-37-30(39-31(38-29)36-26-10-12-27(40)13-11-26)35-25-8-6-23(7-9-25)20-28(41)33-15-17-43-19-18-42-16-14-32/h2-9,26-27,40H,10-21,32H2,1H3,(H,33,41)(H3,34,35,36,37,38,39). The number of aryl methyl sites for hydroxylation is 1. The van der Waals surface area contributed by atoms with Crippen molar-refractivity contribution in [3.8, 4) is 0 Å². The number of aromatic nitrogens is 3. The number of amides is 1. The Morgan fingerprint density at radius 1 is 0.860 bits per heavy atom. The van der Waals surface area contributed by atoms with Crippen molar-refractivity contribution in [2.45, 2.75) is 57.7 Å². The zero-order valence-electron chi connectivity index (χ0n) is 24.8. The molecular formula is C31H44N8O4. The van der Waals surface area contributed by atoms with Crippen LogP contribution in [0.2, 0.25) is 0 Å². The van der Waals surface area contributed by atoms with Crippen LogP contribution in [-0.2, 0) is 27.2 Å². The molecule has 1 saturated carbocycles. The van der Waals surface area contributed by atoms with Gasteiger partial charge in [0.15, 0.2) is 0 Å². The van der Waals surface area contributed by atoms with Crippen molar-refractivity contribution in [1.29, 1.82) is 0 Å². The van der Waals surface area contributed by atoms with Crippen LogP contribution in [0.3, 0.4) is 0 Å². The van der Waals surface area contributed by atoms with Crippen molar-refractivity contribution in [1.82, 2.24) is 20.3 Å². The maximum atomic E-state index is 12.3. The van der Waals surface area contributed by atoms with Gasteiger partial charge in [0.25, 0.3) is 0 Å². The van der Waals surface area contributed by atoms with E-state index in [0.29, 0.717) is 63.9 Å². The van der Waals surface area contributed by atoms with Crippen LogP contribution >= 0.6 is 0 Å². The third-order valence-corrected chi connectivity index (χ3v) is 7.01. The smallest absolute Gasteiger partial charge is 0.233 e. The van der Waals surface area contributed by atoms with E-state index < -0.39 is 0 Å². The molecule has 1 aromatic heterocycles. The van der Waals surface area contributed by atoms with Gasteiger partial charge in [-0.25, -0.2) is 0 Å². The summed E-state index contributed by atoms with van der Waals surface area (Å²) in [5, 5.41) is 22.7. The molecule has 0 unspecified atom stereocenters. The maximum absolute atomic E-state index is 12.3. The van der Waals surface area contributed by atoms with E-state index in [0.717, 1.165) is 42.5 Å². The lowest BCUT2D eigenvalue weighted by atomic mass is 9.93. The number of aliphatic hydroxyl groups excluding tert-OH is 1. The largest absolute Gasteiger partial charge is 0.393 e. The zero-order valence-corrected chi connectivity index (χ0v) is 24.8. The second-order valence-electron chi connectivity index (χ2n) is 10.7. The number of ether oxygens (including phenoxy) is 2. The number of nitrogens with two attached hydrogens (primary N) is 1. The van der Waals surface area contributed by atoms with Gasteiger partial charge in [0.1, 0.15) is 0 Å². The Labute approximate surface area is 253 Å². The molecule has 3 aromatic rings. The van der Waals surface area contributed by atoms with Gasteiger partial charge in [0.2, 0.25) is 23.8 Å². The number of hydrogen-bond acceptors (Lipinski definition) is 11. The van der Waals surface area contributed by atoms with Crippen LogP contribution in [0.5, 0.6) is 0 Å². The first kappa shape index (κ1) is 32.1. The van der Waals surface area contributed by atoms with Crippen LogP contribution in [0.25, 0.3) is 0 Å². The summed E-state index contributed by atoms with van der Waals surface area (Å²) in [6, 6.07) is 16.1. The topological polar surface area (TPSA) is 169 Å². The normalized spacial score (nSPS) is 16.4. The van der Waals surface area contributed by atoms with Crippen molar-refractivity contribution < 1.29 is 19.4 Å². The number of carbonyl (C=O) groups excluding carboxylic acids is 1. The summed E-state index contributed by atoms with van der Waals surface area (Å²) in [6.45, 7) is 5.46. The highest BCUT2D eigenvalue weighted by Crippen LogP contribution is 2.23. The molecule has 0 bridgehead atoms. The van der Waals surface area contributed by atoms with E-state index in [2.05, 4.69) is 67.4 Å². The number of benzene rings is 2. The number of nitrogens with one attached hydrogen (secondary N) is 4. The Hall–Kier alpha value is -3.84. The van der Waals surface area contributed by atoms with Crippen molar-refractivity contribution in [3.05, 3.63) is 65.2 Å². The molecule has 0 atom stereocenters. The van der Waals surface area contributed by atoms with Crippen LogP contribution in [-0.4, -0.2) is 77.6 Å². The summed E-state index contributed by atoms with van der Waals surface area (Å²) in [7, 11) is 0. The fourth-order valence-electron chi connectivity index (χ4n) is 4.62. The first-order chi connectivity index (χ1) is 21.0. The van der Waals surface area contributed by atoms with Crippen LogP contribution in [0, 0.1) is 6.92 Å². The Morgan fingerprint density at radius 2 is 1.51 bits per heavy atom. The zero-order chi connectivity index (χ0) is 30.3. The number of nitrogens with zero attached hydrogens (tertiary/aromatic N) is 3. The fourth-order valence-corrected chi connectivity index (χ4v) is 4.62. The van der Waals surface area contributed by atoms with E-state index in [1.54, 1.807) is 0 Å². The summed E-state index contributed by atoms with van der Waals surface area (Å²) >= 11 is 0. The van der Waals surface area contributed by atoms with Gasteiger partial charge in [-0.1, -0.05) is 42.0 Å². The van der Waals surface area contributed by atoms with Crippen LogP contribution in [0.1, 0.15) is 42.4 Å². The Balaban J connectivity index is 1.31. The molecule has 1 heterocycles. The molecule has 1 amide bonds. The third-order valence-electron chi connectivity index (χ3n) is 7.01. The fraction of sp³-hybridized carbons (Fsp3) is 0.484. The Kier molecular flexibility index (Phi) is 12.9. The minimum absolute atomic E-state index is 0.0728. The maximum Gasteiger partial charge on any atom is 0.233 e. The molecule has 7 N–H and O–H groups in total.